The first-order valence-electron chi connectivity index (χ1n) is 11.1. The molecule has 170 valence electrons. The summed E-state index contributed by atoms with van der Waals surface area (Å²) < 4.78 is 12.0. The van der Waals surface area contributed by atoms with Gasteiger partial charge >= 0.3 is 0 Å². The summed E-state index contributed by atoms with van der Waals surface area (Å²) in [5, 5.41) is 4.60. The van der Waals surface area contributed by atoms with Gasteiger partial charge in [0.2, 0.25) is 0 Å². The minimum atomic E-state index is 0. The number of H-pyrrole nitrogens is 1. The number of nitrogens with zero attached hydrogens (tertiary/aromatic N) is 2. The number of hydrogen-bond acceptors (Lipinski definition) is 5. The third-order valence-electron chi connectivity index (χ3n) is 5.24. The molecule has 0 aliphatic heterocycles. The fourth-order valence-corrected chi connectivity index (χ4v) is 3.60. The summed E-state index contributed by atoms with van der Waals surface area (Å²) in [6.45, 7) is 7.74. The minimum absolute atomic E-state index is 0. The summed E-state index contributed by atoms with van der Waals surface area (Å²) >= 11 is 0. The Bertz CT molecular complexity index is 1180. The molecule has 0 spiro atoms. The van der Waals surface area contributed by atoms with E-state index >= 15 is 0 Å². The number of hydrogen-bond donors (Lipinski definition) is 2. The number of nitrogens with one attached hydrogen (secondary N) is 2. The van der Waals surface area contributed by atoms with Crippen molar-refractivity contribution >= 4 is 45.7 Å². The van der Waals surface area contributed by atoms with E-state index in [2.05, 4.69) is 53.2 Å². The number of benzene rings is 2. The van der Waals surface area contributed by atoms with Gasteiger partial charge in [0.05, 0.1) is 24.4 Å². The maximum absolute atomic E-state index is 6.06. The van der Waals surface area contributed by atoms with Crippen LogP contribution in [0.1, 0.15) is 45.2 Å². The number of halogens is 1. The molecule has 2 N–H and O–H groups in total. The molecule has 7 heteroatoms. The van der Waals surface area contributed by atoms with Gasteiger partial charge in [0.1, 0.15) is 11.8 Å². The Kier molecular flexibility index (Phi) is 8.17. The predicted octanol–water partition coefficient (Wildman–Crippen LogP) is 6.94. The van der Waals surface area contributed by atoms with E-state index in [1.54, 1.807) is 6.33 Å². The van der Waals surface area contributed by atoms with E-state index in [1.807, 2.05) is 24.3 Å². The molecule has 0 bridgehead atoms. The first-order valence-corrected chi connectivity index (χ1v) is 11.1. The molecule has 0 atom stereocenters. The molecule has 0 saturated carbocycles. The molecule has 2 aromatic heterocycles. The fourth-order valence-electron chi connectivity index (χ4n) is 3.60. The van der Waals surface area contributed by atoms with E-state index in [0.717, 1.165) is 76.2 Å². The van der Waals surface area contributed by atoms with Crippen LogP contribution in [0.25, 0.3) is 21.9 Å². The van der Waals surface area contributed by atoms with E-state index in [9.17, 15) is 0 Å². The van der Waals surface area contributed by atoms with E-state index in [1.165, 1.54) is 0 Å². The molecule has 0 radical (unpaired) electrons. The van der Waals surface area contributed by atoms with Crippen LogP contribution in [0, 0.1) is 6.92 Å². The molecule has 0 unspecified atom stereocenters. The second-order valence-corrected chi connectivity index (χ2v) is 7.79. The van der Waals surface area contributed by atoms with Crippen LogP contribution in [0.3, 0.4) is 0 Å². The van der Waals surface area contributed by atoms with Gasteiger partial charge in [-0.15, -0.1) is 12.4 Å². The van der Waals surface area contributed by atoms with Crippen LogP contribution in [0.15, 0.2) is 42.7 Å². The lowest BCUT2D eigenvalue weighted by molar-refractivity contribution is 0.262. The lowest BCUT2D eigenvalue weighted by Gasteiger charge is -2.16. The molecular formula is C25H31ClN4O2. The predicted molar refractivity (Wildman–Crippen MR) is 134 cm³/mol. The molecule has 0 fully saturated rings. The summed E-state index contributed by atoms with van der Waals surface area (Å²) in [5.41, 5.74) is 5.78. The molecule has 4 aromatic rings. The van der Waals surface area contributed by atoms with Crippen LogP contribution < -0.4 is 14.8 Å². The molecule has 4 rings (SSSR count). The van der Waals surface area contributed by atoms with Gasteiger partial charge in [0.25, 0.3) is 0 Å². The number of rotatable bonds is 10. The third-order valence-corrected chi connectivity index (χ3v) is 5.24. The van der Waals surface area contributed by atoms with Crippen LogP contribution in [-0.2, 0) is 0 Å². The average Bonchev–Trinajstić information content (AvgIpc) is 3.24. The quantitative estimate of drug-likeness (QED) is 0.254. The summed E-state index contributed by atoms with van der Waals surface area (Å²) in [6, 6.07) is 12.2. The van der Waals surface area contributed by atoms with Gasteiger partial charge in [-0.3, -0.25) is 0 Å². The second-order valence-electron chi connectivity index (χ2n) is 7.79. The van der Waals surface area contributed by atoms with Crippen molar-refractivity contribution in [1.82, 2.24) is 15.0 Å². The summed E-state index contributed by atoms with van der Waals surface area (Å²) in [7, 11) is 0. The topological polar surface area (TPSA) is 72.1 Å². The summed E-state index contributed by atoms with van der Waals surface area (Å²) in [5.74, 6) is 1.57. The SMILES string of the molecule is CCCCOc1ccc(Nc2cc(C)[nH]c3ccc4ncnc4c23)cc1OCCCC.Cl. The monoisotopic (exact) mass is 454 g/mol. The van der Waals surface area contributed by atoms with Gasteiger partial charge in [-0.25, -0.2) is 9.97 Å². The average molecular weight is 455 g/mol. The number of anilines is 2. The van der Waals surface area contributed by atoms with Crippen molar-refractivity contribution in [1.29, 1.82) is 0 Å². The molecule has 0 amide bonds. The van der Waals surface area contributed by atoms with E-state index in [0.29, 0.717) is 13.2 Å². The Morgan fingerprint density at radius 2 is 1.66 bits per heavy atom. The number of unbranched alkanes of at least 4 members (excludes halogenated alkanes) is 2. The molecule has 2 aromatic carbocycles. The number of fused-ring (bicyclic) bond motifs is 3. The smallest absolute Gasteiger partial charge is 0.163 e. The maximum Gasteiger partial charge on any atom is 0.163 e. The van der Waals surface area contributed by atoms with Gasteiger partial charge in [0.15, 0.2) is 11.5 Å². The first-order chi connectivity index (χ1) is 15.2. The first kappa shape index (κ1) is 23.7. The zero-order chi connectivity index (χ0) is 21.6. The van der Waals surface area contributed by atoms with Crippen molar-refractivity contribution in [2.45, 2.75) is 46.5 Å². The Morgan fingerprint density at radius 1 is 0.906 bits per heavy atom. The number of pyridine rings is 1. The normalized spacial score (nSPS) is 10.8. The molecule has 0 saturated heterocycles. The number of aromatic nitrogens is 3. The van der Waals surface area contributed by atoms with Crippen molar-refractivity contribution in [3.05, 3.63) is 48.4 Å². The number of imidazole rings is 1. The number of aryl methyl sites for hydroxylation is 1. The van der Waals surface area contributed by atoms with E-state index < -0.39 is 0 Å². The fraction of sp³-hybridized carbons (Fsp3) is 0.360. The standard InChI is InChI=1S/C25H30N4O2.ClH/c1-4-6-12-30-22-11-8-18(15-23(22)31-13-7-5-2)29-21-14-17(3)28-19-9-10-20-25(24(19)21)27-16-26-20;/h8-11,14-16,28-29H,4-7,12-13H2,1-3H3;1H. The van der Waals surface area contributed by atoms with Gasteiger partial charge in [-0.05, 0) is 50.1 Å². The van der Waals surface area contributed by atoms with Crippen molar-refractivity contribution in [3.63, 3.8) is 0 Å². The Hall–Kier alpha value is -2.99. The van der Waals surface area contributed by atoms with Gasteiger partial charge in [-0.1, -0.05) is 26.7 Å². The van der Waals surface area contributed by atoms with Crippen LogP contribution in [0.2, 0.25) is 0 Å². The summed E-state index contributed by atoms with van der Waals surface area (Å²) in [4.78, 5) is 12.3. The lowest BCUT2D eigenvalue weighted by atomic mass is 10.1. The van der Waals surface area contributed by atoms with Crippen LogP contribution >= 0.6 is 12.4 Å². The zero-order valence-electron chi connectivity index (χ0n) is 18.9. The number of aromatic amines is 1. The maximum atomic E-state index is 6.06. The van der Waals surface area contributed by atoms with Crippen molar-refractivity contribution < 1.29 is 9.47 Å². The highest BCUT2D eigenvalue weighted by molar-refractivity contribution is 6.10. The van der Waals surface area contributed by atoms with E-state index in [-0.39, 0.29) is 12.4 Å². The highest BCUT2D eigenvalue weighted by atomic mass is 35.5. The van der Waals surface area contributed by atoms with Crippen molar-refractivity contribution in [2.24, 2.45) is 0 Å². The van der Waals surface area contributed by atoms with E-state index in [4.69, 9.17) is 9.47 Å². The van der Waals surface area contributed by atoms with Gasteiger partial charge in [0, 0.05) is 28.4 Å². The van der Waals surface area contributed by atoms with Gasteiger partial charge < -0.3 is 19.8 Å². The lowest BCUT2D eigenvalue weighted by Crippen LogP contribution is -2.03. The molecule has 0 aliphatic carbocycles. The highest BCUT2D eigenvalue weighted by Crippen LogP contribution is 2.35. The second kappa shape index (κ2) is 11.0. The van der Waals surface area contributed by atoms with Crippen LogP contribution in [-0.4, -0.2) is 28.2 Å². The minimum Gasteiger partial charge on any atom is -0.490 e. The largest absolute Gasteiger partial charge is 0.490 e. The van der Waals surface area contributed by atoms with Crippen LogP contribution in [0.4, 0.5) is 11.4 Å². The molecule has 0 aliphatic rings. The van der Waals surface area contributed by atoms with Crippen LogP contribution in [0.5, 0.6) is 11.5 Å². The highest BCUT2D eigenvalue weighted by Gasteiger charge is 2.12. The zero-order valence-corrected chi connectivity index (χ0v) is 19.7. The Balaban J connectivity index is 0.00000289. The summed E-state index contributed by atoms with van der Waals surface area (Å²) in [6.07, 6.45) is 5.83. The Labute approximate surface area is 195 Å². The van der Waals surface area contributed by atoms with Gasteiger partial charge in [-0.2, -0.15) is 0 Å². The van der Waals surface area contributed by atoms with Crippen molar-refractivity contribution in [3.8, 4) is 11.5 Å². The number of ether oxygens (including phenoxy) is 2. The third kappa shape index (κ3) is 5.25. The molecule has 6 nitrogen and oxygen atoms in total. The Morgan fingerprint density at radius 3 is 2.41 bits per heavy atom. The molecule has 32 heavy (non-hydrogen) atoms. The molecular weight excluding hydrogens is 424 g/mol. The van der Waals surface area contributed by atoms with Crippen molar-refractivity contribution in [2.75, 3.05) is 18.5 Å². The molecule has 2 heterocycles.